The molecule has 8 nitrogen and oxygen atoms in total. The first-order chi connectivity index (χ1) is 17.7. The maximum atomic E-state index is 15.2. The standard InChI is InChI=1S/C24H18BrF4N5O3/c25-14-8-15(26)10-16(9-14)34(19-18(20(35)21(19)36)33-5-3-30-4-6-33)11-13-2-1-12(7-17(13)27)23-31-32-24(37-23)22(28)29/h1-2,7-10,22,30H,3-6,11H2. The van der Waals surface area contributed by atoms with Crippen LogP contribution in [-0.4, -0.2) is 36.4 Å². The Bertz CT molecular complexity index is 1510. The van der Waals surface area contributed by atoms with Crippen molar-refractivity contribution in [3.05, 3.63) is 84.4 Å². The summed E-state index contributed by atoms with van der Waals surface area (Å²) >= 11 is 3.23. The zero-order valence-electron chi connectivity index (χ0n) is 19.0. The molecule has 0 unspecified atom stereocenters. The van der Waals surface area contributed by atoms with Gasteiger partial charge in [-0.25, -0.2) is 8.78 Å². The summed E-state index contributed by atoms with van der Waals surface area (Å²) in [6, 6.07) is 7.78. The van der Waals surface area contributed by atoms with Crippen LogP contribution in [0.5, 0.6) is 0 Å². The molecule has 0 radical (unpaired) electrons. The molecule has 0 amide bonds. The van der Waals surface area contributed by atoms with E-state index in [0.717, 1.165) is 6.07 Å². The van der Waals surface area contributed by atoms with E-state index in [0.29, 0.717) is 30.7 Å². The molecule has 3 aromatic carbocycles. The third kappa shape index (κ3) is 4.88. The lowest BCUT2D eigenvalue weighted by Gasteiger charge is -2.35. The van der Waals surface area contributed by atoms with Gasteiger partial charge in [0.25, 0.3) is 16.7 Å². The van der Waals surface area contributed by atoms with E-state index in [1.165, 1.54) is 29.2 Å². The van der Waals surface area contributed by atoms with E-state index in [1.54, 1.807) is 11.0 Å². The van der Waals surface area contributed by atoms with Gasteiger partial charge in [0, 0.05) is 47.5 Å². The van der Waals surface area contributed by atoms with Crippen molar-refractivity contribution in [1.29, 1.82) is 0 Å². The van der Waals surface area contributed by atoms with Crippen molar-refractivity contribution in [2.75, 3.05) is 36.0 Å². The van der Waals surface area contributed by atoms with E-state index >= 15 is 4.39 Å². The molecular weight excluding hydrogens is 562 g/mol. The molecule has 192 valence electrons. The Morgan fingerprint density at radius 3 is 2.46 bits per heavy atom. The zero-order chi connectivity index (χ0) is 26.3. The van der Waals surface area contributed by atoms with Gasteiger partial charge in [0.1, 0.15) is 23.0 Å². The van der Waals surface area contributed by atoms with Gasteiger partial charge in [0.15, 0.2) is 0 Å². The van der Waals surface area contributed by atoms with Crippen LogP contribution in [0.2, 0.25) is 0 Å². The highest BCUT2D eigenvalue weighted by Gasteiger charge is 2.32. The second-order valence-electron chi connectivity index (χ2n) is 8.36. The number of benzene rings is 2. The molecule has 1 aliphatic rings. The van der Waals surface area contributed by atoms with Crippen LogP contribution in [0.15, 0.2) is 54.9 Å². The summed E-state index contributed by atoms with van der Waals surface area (Å²) < 4.78 is 60.3. The van der Waals surface area contributed by atoms with Crippen molar-refractivity contribution in [3.8, 4) is 11.5 Å². The lowest BCUT2D eigenvalue weighted by atomic mass is 10.1. The molecule has 4 aromatic rings. The SMILES string of the molecule is O=c1c(N2CCNCC2)c(N(Cc2ccc(-c3nnc(C(F)F)o3)cc2F)c2cc(F)cc(Br)c2)c1=O. The van der Waals surface area contributed by atoms with E-state index in [4.69, 9.17) is 4.42 Å². The van der Waals surface area contributed by atoms with E-state index < -0.39 is 34.8 Å². The highest BCUT2D eigenvalue weighted by atomic mass is 79.9. The van der Waals surface area contributed by atoms with Gasteiger partial charge in [0.05, 0.1) is 6.54 Å². The monoisotopic (exact) mass is 579 g/mol. The molecule has 5 rings (SSSR count). The Kier molecular flexibility index (Phi) is 6.82. The quantitative estimate of drug-likeness (QED) is 0.259. The number of halogens is 5. The fraction of sp³-hybridized carbons (Fsp3) is 0.250. The number of rotatable bonds is 7. The Morgan fingerprint density at radius 2 is 1.81 bits per heavy atom. The molecule has 0 saturated carbocycles. The number of hydrogen-bond acceptors (Lipinski definition) is 8. The summed E-state index contributed by atoms with van der Waals surface area (Å²) in [6.45, 7) is 1.99. The third-order valence-electron chi connectivity index (χ3n) is 5.98. The van der Waals surface area contributed by atoms with Crippen LogP contribution in [0.3, 0.4) is 0 Å². The predicted molar refractivity (Wildman–Crippen MR) is 131 cm³/mol. The third-order valence-corrected chi connectivity index (χ3v) is 6.44. The van der Waals surface area contributed by atoms with Crippen LogP contribution >= 0.6 is 15.9 Å². The Balaban J connectivity index is 1.54. The van der Waals surface area contributed by atoms with Gasteiger partial charge in [-0.1, -0.05) is 22.0 Å². The molecule has 1 N–H and O–H groups in total. The molecule has 0 atom stereocenters. The molecule has 1 aliphatic heterocycles. The van der Waals surface area contributed by atoms with Crippen LogP contribution in [0.4, 0.5) is 34.6 Å². The summed E-state index contributed by atoms with van der Waals surface area (Å²) in [5.74, 6) is -2.52. The number of piperazine rings is 1. The molecule has 0 aliphatic carbocycles. The van der Waals surface area contributed by atoms with Crippen molar-refractivity contribution in [2.24, 2.45) is 0 Å². The van der Waals surface area contributed by atoms with Crippen LogP contribution in [0.25, 0.3) is 11.5 Å². The molecule has 37 heavy (non-hydrogen) atoms. The first kappa shape index (κ1) is 25.1. The van der Waals surface area contributed by atoms with E-state index in [9.17, 15) is 22.8 Å². The van der Waals surface area contributed by atoms with E-state index in [2.05, 4.69) is 31.4 Å². The van der Waals surface area contributed by atoms with Crippen molar-refractivity contribution < 1.29 is 22.0 Å². The molecule has 0 bridgehead atoms. The fourth-order valence-electron chi connectivity index (χ4n) is 4.21. The molecular formula is C24H18BrF4N5O3. The van der Waals surface area contributed by atoms with Crippen molar-refractivity contribution >= 4 is 33.0 Å². The average Bonchev–Trinajstić information content (AvgIpc) is 3.37. The zero-order valence-corrected chi connectivity index (χ0v) is 20.6. The minimum Gasteiger partial charge on any atom is -0.415 e. The fourth-order valence-corrected chi connectivity index (χ4v) is 4.67. The molecule has 1 aromatic heterocycles. The smallest absolute Gasteiger partial charge is 0.314 e. The van der Waals surface area contributed by atoms with Gasteiger partial charge >= 0.3 is 6.43 Å². The summed E-state index contributed by atoms with van der Waals surface area (Å²) in [7, 11) is 0. The molecule has 0 spiro atoms. The normalized spacial score (nSPS) is 14.1. The lowest BCUT2D eigenvalue weighted by molar-refractivity contribution is 0.116. The lowest BCUT2D eigenvalue weighted by Crippen LogP contribution is -2.51. The Morgan fingerprint density at radius 1 is 1.05 bits per heavy atom. The summed E-state index contributed by atoms with van der Waals surface area (Å²) in [5, 5.41) is 9.92. The first-order valence-corrected chi connectivity index (χ1v) is 11.9. The molecule has 1 saturated heterocycles. The summed E-state index contributed by atoms with van der Waals surface area (Å²) in [6.07, 6.45) is -2.97. The molecule has 1 fully saturated rings. The van der Waals surface area contributed by atoms with Gasteiger partial charge in [-0.15, -0.1) is 10.2 Å². The number of anilines is 3. The number of alkyl halides is 2. The number of nitrogens with one attached hydrogen (secondary N) is 1. The van der Waals surface area contributed by atoms with Crippen molar-refractivity contribution in [1.82, 2.24) is 15.5 Å². The minimum absolute atomic E-state index is 0.0475. The number of hydrogen-bond donors (Lipinski definition) is 1. The van der Waals surface area contributed by atoms with E-state index in [1.807, 2.05) is 0 Å². The maximum absolute atomic E-state index is 15.2. The maximum Gasteiger partial charge on any atom is 0.314 e. The van der Waals surface area contributed by atoms with Crippen molar-refractivity contribution in [3.63, 3.8) is 0 Å². The van der Waals surface area contributed by atoms with Gasteiger partial charge < -0.3 is 19.5 Å². The number of nitrogens with zero attached hydrogens (tertiary/aromatic N) is 4. The van der Waals surface area contributed by atoms with Crippen LogP contribution < -0.4 is 26.0 Å². The predicted octanol–water partition coefficient (Wildman–Crippen LogP) is 4.06. The molecule has 2 heterocycles. The van der Waals surface area contributed by atoms with Crippen molar-refractivity contribution in [2.45, 2.75) is 13.0 Å². The van der Waals surface area contributed by atoms with E-state index in [-0.39, 0.29) is 40.6 Å². The highest BCUT2D eigenvalue weighted by molar-refractivity contribution is 9.10. The summed E-state index contributed by atoms with van der Waals surface area (Å²) in [4.78, 5) is 28.6. The Hall–Kier alpha value is -3.58. The van der Waals surface area contributed by atoms with Crippen LogP contribution in [-0.2, 0) is 6.54 Å². The van der Waals surface area contributed by atoms with Gasteiger partial charge in [0.2, 0.25) is 5.89 Å². The minimum atomic E-state index is -2.97. The average molecular weight is 580 g/mol. The van der Waals surface area contributed by atoms with Gasteiger partial charge in [-0.3, -0.25) is 9.59 Å². The summed E-state index contributed by atoms with van der Waals surface area (Å²) in [5.41, 5.74) is -0.748. The largest absolute Gasteiger partial charge is 0.415 e. The highest BCUT2D eigenvalue weighted by Crippen LogP contribution is 2.35. The van der Waals surface area contributed by atoms with Gasteiger partial charge in [-0.05, 0) is 30.3 Å². The second-order valence-corrected chi connectivity index (χ2v) is 9.27. The van der Waals surface area contributed by atoms with Gasteiger partial charge in [-0.2, -0.15) is 8.78 Å². The Labute approximate surface area is 215 Å². The number of aromatic nitrogens is 2. The second kappa shape index (κ2) is 10.1. The van der Waals surface area contributed by atoms with Crippen LogP contribution in [0, 0.1) is 11.6 Å². The van der Waals surface area contributed by atoms with Crippen LogP contribution in [0.1, 0.15) is 17.9 Å². The molecule has 13 heteroatoms. The topological polar surface area (TPSA) is 91.6 Å². The first-order valence-electron chi connectivity index (χ1n) is 11.2.